The Morgan fingerprint density at radius 1 is 0.917 bits per heavy atom. The Labute approximate surface area is 213 Å². The van der Waals surface area contributed by atoms with Crippen molar-refractivity contribution in [3.05, 3.63) is 95.8 Å². The van der Waals surface area contributed by atoms with Crippen molar-refractivity contribution < 1.29 is 14.3 Å². The number of fused-ring (bicyclic) bond motifs is 1. The number of amides is 2. The van der Waals surface area contributed by atoms with Gasteiger partial charge in [-0.25, -0.2) is 0 Å². The Morgan fingerprint density at radius 2 is 1.64 bits per heavy atom. The van der Waals surface area contributed by atoms with Crippen molar-refractivity contribution in [1.29, 1.82) is 0 Å². The van der Waals surface area contributed by atoms with E-state index in [0.29, 0.717) is 43.9 Å². The van der Waals surface area contributed by atoms with Crippen LogP contribution in [0.1, 0.15) is 47.2 Å². The van der Waals surface area contributed by atoms with E-state index in [1.165, 1.54) is 0 Å². The van der Waals surface area contributed by atoms with Crippen LogP contribution in [-0.4, -0.2) is 59.4 Å². The summed E-state index contributed by atoms with van der Waals surface area (Å²) in [4.78, 5) is 34.7. The van der Waals surface area contributed by atoms with Gasteiger partial charge in [-0.1, -0.05) is 61.4 Å². The van der Waals surface area contributed by atoms with E-state index in [9.17, 15) is 9.59 Å². The quantitative estimate of drug-likeness (QED) is 0.533. The van der Waals surface area contributed by atoms with Gasteiger partial charge in [-0.3, -0.25) is 14.6 Å². The molecule has 2 heterocycles. The number of para-hydroxylation sites is 1. The third-order valence-corrected chi connectivity index (χ3v) is 6.69. The number of ether oxygens (including phenoxy) is 1. The maximum Gasteiger partial charge on any atom is 0.257 e. The number of pyridine rings is 1. The van der Waals surface area contributed by atoms with Crippen LogP contribution >= 0.6 is 0 Å². The Bertz CT molecular complexity index is 1120. The van der Waals surface area contributed by atoms with Crippen LogP contribution in [0, 0.1) is 0 Å². The monoisotopic (exact) mass is 485 g/mol. The average Bonchev–Trinajstić information content (AvgIpc) is 2.91. The molecule has 0 fully saturated rings. The fraction of sp³-hybridized carbons (Fsp3) is 0.367. The lowest BCUT2D eigenvalue weighted by atomic mass is 10.0. The number of aromatic nitrogens is 1. The number of benzene rings is 2. The zero-order chi connectivity index (χ0) is 25.2. The van der Waals surface area contributed by atoms with Gasteiger partial charge in [0, 0.05) is 32.5 Å². The molecule has 0 saturated carbocycles. The summed E-state index contributed by atoms with van der Waals surface area (Å²) in [6, 6.07) is 21.2. The van der Waals surface area contributed by atoms with Gasteiger partial charge in [0.15, 0.2) is 0 Å². The molecule has 0 spiro atoms. The molecule has 36 heavy (non-hydrogen) atoms. The summed E-state index contributed by atoms with van der Waals surface area (Å²) in [6.45, 7) is 1.69. The molecule has 0 aliphatic carbocycles. The van der Waals surface area contributed by atoms with E-state index in [-0.39, 0.29) is 17.9 Å². The first-order chi connectivity index (χ1) is 17.6. The summed E-state index contributed by atoms with van der Waals surface area (Å²) in [5.41, 5.74) is 2.61. The minimum absolute atomic E-state index is 0.0354. The van der Waals surface area contributed by atoms with Crippen molar-refractivity contribution in [2.75, 3.05) is 26.7 Å². The first-order valence-corrected chi connectivity index (χ1v) is 12.8. The van der Waals surface area contributed by atoms with Crippen LogP contribution in [0.4, 0.5) is 0 Å². The maximum atomic E-state index is 13.6. The Hall–Kier alpha value is -3.67. The van der Waals surface area contributed by atoms with Crippen molar-refractivity contribution in [3.63, 3.8) is 0 Å². The molecule has 3 aromatic rings. The molecule has 6 heteroatoms. The summed E-state index contributed by atoms with van der Waals surface area (Å²) in [5, 5.41) is 0. The fourth-order valence-electron chi connectivity index (χ4n) is 4.68. The van der Waals surface area contributed by atoms with Gasteiger partial charge in [-0.05, 0) is 48.6 Å². The summed E-state index contributed by atoms with van der Waals surface area (Å²) in [7, 11) is 1.85. The second kappa shape index (κ2) is 12.9. The summed E-state index contributed by atoms with van der Waals surface area (Å²) in [6.07, 6.45) is 8.33. The van der Waals surface area contributed by atoms with Gasteiger partial charge in [-0.15, -0.1) is 0 Å². The normalized spacial score (nSPS) is 17.6. The molecular formula is C30H35N3O3. The molecular weight excluding hydrogens is 450 g/mol. The second-order valence-corrected chi connectivity index (χ2v) is 9.42. The van der Waals surface area contributed by atoms with Gasteiger partial charge >= 0.3 is 0 Å². The molecule has 2 aromatic carbocycles. The lowest BCUT2D eigenvalue weighted by Crippen LogP contribution is -2.46. The van der Waals surface area contributed by atoms with Gasteiger partial charge in [0.1, 0.15) is 12.4 Å². The van der Waals surface area contributed by atoms with E-state index >= 15 is 0 Å². The topological polar surface area (TPSA) is 62.7 Å². The molecule has 0 bridgehead atoms. The highest BCUT2D eigenvalue weighted by atomic mass is 16.5. The predicted molar refractivity (Wildman–Crippen MR) is 141 cm³/mol. The van der Waals surface area contributed by atoms with Crippen molar-refractivity contribution in [1.82, 2.24) is 14.8 Å². The zero-order valence-electron chi connectivity index (χ0n) is 21.0. The van der Waals surface area contributed by atoms with Crippen molar-refractivity contribution in [2.45, 2.75) is 44.6 Å². The summed E-state index contributed by atoms with van der Waals surface area (Å²) >= 11 is 0. The van der Waals surface area contributed by atoms with Crippen LogP contribution in [-0.2, 0) is 17.6 Å². The summed E-state index contributed by atoms with van der Waals surface area (Å²) in [5.74, 6) is 0.597. The largest absolute Gasteiger partial charge is 0.491 e. The van der Waals surface area contributed by atoms with E-state index < -0.39 is 0 Å². The van der Waals surface area contributed by atoms with Gasteiger partial charge < -0.3 is 14.5 Å². The molecule has 0 unspecified atom stereocenters. The highest BCUT2D eigenvalue weighted by molar-refractivity contribution is 5.96. The second-order valence-electron chi connectivity index (χ2n) is 9.42. The van der Waals surface area contributed by atoms with Crippen LogP contribution < -0.4 is 4.74 Å². The molecule has 188 valence electrons. The van der Waals surface area contributed by atoms with Crippen LogP contribution in [0.15, 0.2) is 79.1 Å². The highest BCUT2D eigenvalue weighted by Gasteiger charge is 2.26. The van der Waals surface area contributed by atoms with Crippen LogP contribution in [0.3, 0.4) is 0 Å². The highest BCUT2D eigenvalue weighted by Crippen LogP contribution is 2.22. The molecule has 1 aliphatic rings. The molecule has 0 radical (unpaired) electrons. The molecule has 4 rings (SSSR count). The van der Waals surface area contributed by atoms with Crippen LogP contribution in [0.5, 0.6) is 5.75 Å². The molecule has 6 nitrogen and oxygen atoms in total. The first-order valence-electron chi connectivity index (χ1n) is 12.8. The Kier molecular flexibility index (Phi) is 9.09. The number of hydrogen-bond donors (Lipinski definition) is 0. The standard InChI is InChI=1S/C30H35N3O3/c1-32-18-9-2-3-10-19-33(29(34)21-25-14-11-17-31-22-25)26(20-24-12-5-4-6-13-24)23-36-28-16-8-7-15-27(28)30(32)35/h4-8,11-17,22,26H,2-3,9-10,18-21,23H2,1H3/t26-/m0/s1. The number of carbonyl (C=O) groups excluding carboxylic acids is 2. The first kappa shape index (κ1) is 25.4. The SMILES string of the molecule is CN1CCCCCCN(C(=O)Cc2cccnc2)[C@@H](Cc2ccccc2)COc2ccccc2C1=O. The van der Waals surface area contributed by atoms with Gasteiger partial charge in [-0.2, -0.15) is 0 Å². The maximum absolute atomic E-state index is 13.6. The number of rotatable bonds is 4. The van der Waals surface area contributed by atoms with E-state index in [2.05, 4.69) is 17.1 Å². The van der Waals surface area contributed by atoms with Crippen LogP contribution in [0.2, 0.25) is 0 Å². The number of carbonyl (C=O) groups is 2. The molecule has 1 aliphatic heterocycles. The zero-order valence-corrected chi connectivity index (χ0v) is 21.0. The molecule has 0 saturated heterocycles. The number of nitrogens with zero attached hydrogens (tertiary/aromatic N) is 3. The van der Waals surface area contributed by atoms with Crippen LogP contribution in [0.25, 0.3) is 0 Å². The van der Waals surface area contributed by atoms with E-state index in [0.717, 1.165) is 36.8 Å². The third-order valence-electron chi connectivity index (χ3n) is 6.69. The van der Waals surface area contributed by atoms with E-state index in [4.69, 9.17) is 4.74 Å². The lowest BCUT2D eigenvalue weighted by Gasteiger charge is -2.33. The molecule has 1 atom stereocenters. The van der Waals surface area contributed by atoms with Crippen molar-refractivity contribution in [2.24, 2.45) is 0 Å². The summed E-state index contributed by atoms with van der Waals surface area (Å²) < 4.78 is 6.31. The molecule has 0 N–H and O–H groups in total. The minimum Gasteiger partial charge on any atom is -0.491 e. The van der Waals surface area contributed by atoms with Gasteiger partial charge in [0.2, 0.25) is 5.91 Å². The van der Waals surface area contributed by atoms with Crippen molar-refractivity contribution in [3.8, 4) is 5.75 Å². The Morgan fingerprint density at radius 3 is 2.42 bits per heavy atom. The van der Waals surface area contributed by atoms with E-state index in [1.807, 2.05) is 66.5 Å². The fourth-order valence-corrected chi connectivity index (χ4v) is 4.68. The Balaban J connectivity index is 1.64. The van der Waals surface area contributed by atoms with Gasteiger partial charge in [0.25, 0.3) is 5.91 Å². The average molecular weight is 486 g/mol. The molecule has 2 amide bonds. The van der Waals surface area contributed by atoms with Gasteiger partial charge in [0.05, 0.1) is 18.0 Å². The predicted octanol–water partition coefficient (Wildman–Crippen LogP) is 4.79. The minimum atomic E-state index is -0.166. The third kappa shape index (κ3) is 6.94. The van der Waals surface area contributed by atoms with Crippen molar-refractivity contribution >= 4 is 11.8 Å². The lowest BCUT2D eigenvalue weighted by molar-refractivity contribution is -0.133. The molecule has 1 aromatic heterocycles. The number of hydrogen-bond acceptors (Lipinski definition) is 4. The van der Waals surface area contributed by atoms with E-state index in [1.54, 1.807) is 17.3 Å². The smallest absolute Gasteiger partial charge is 0.257 e.